The first kappa shape index (κ1) is 14.5. The van der Waals surface area contributed by atoms with Gasteiger partial charge in [-0.25, -0.2) is 9.80 Å². The Balaban J connectivity index is 2.83. The molecule has 102 valence electrons. The summed E-state index contributed by atoms with van der Waals surface area (Å²) in [5, 5.41) is 11.3. The molecule has 0 saturated heterocycles. The molecule has 1 aromatic carbocycles. The normalized spacial score (nSPS) is 9.53. The molecule has 0 aliphatic heterocycles. The predicted octanol–water partition coefficient (Wildman–Crippen LogP) is -0.723. The van der Waals surface area contributed by atoms with E-state index in [-0.39, 0.29) is 6.54 Å². The average Bonchev–Trinajstić information content (AvgIpc) is 2.42. The first-order valence-corrected chi connectivity index (χ1v) is 5.39. The molecule has 3 amide bonds. The van der Waals surface area contributed by atoms with Crippen LogP contribution in [0.2, 0.25) is 0 Å². The van der Waals surface area contributed by atoms with Crippen LogP contribution in [0.1, 0.15) is 0 Å². The van der Waals surface area contributed by atoms with E-state index < -0.39 is 24.5 Å². The van der Waals surface area contributed by atoms with Gasteiger partial charge in [-0.1, -0.05) is 18.2 Å². The summed E-state index contributed by atoms with van der Waals surface area (Å²) in [5.74, 6) is -1.19. The van der Waals surface area contributed by atoms with Crippen LogP contribution in [0, 0.1) is 0 Å². The summed E-state index contributed by atoms with van der Waals surface area (Å²) in [5.41, 5.74) is 7.86. The van der Waals surface area contributed by atoms with Gasteiger partial charge in [-0.3, -0.25) is 15.0 Å². The Morgan fingerprint density at radius 1 is 1.21 bits per heavy atom. The molecule has 0 aliphatic carbocycles. The topological polar surface area (TPSA) is 125 Å². The van der Waals surface area contributed by atoms with Crippen molar-refractivity contribution >= 4 is 23.6 Å². The Morgan fingerprint density at radius 2 is 1.84 bits per heavy atom. The maximum absolute atomic E-state index is 11.8. The Hall–Kier alpha value is -2.61. The number of hydrogen-bond donors (Lipinski definition) is 4. The zero-order chi connectivity index (χ0) is 14.3. The molecule has 0 spiro atoms. The number of nitrogens with one attached hydrogen (secondary N) is 2. The maximum atomic E-state index is 11.8. The summed E-state index contributed by atoms with van der Waals surface area (Å²) in [6.45, 7) is -0.752. The highest BCUT2D eigenvalue weighted by Crippen LogP contribution is 2.10. The minimum Gasteiger partial charge on any atom is -0.465 e. The van der Waals surface area contributed by atoms with Crippen molar-refractivity contribution in [2.75, 3.05) is 18.1 Å². The molecule has 19 heavy (non-hydrogen) atoms. The molecule has 0 fully saturated rings. The fourth-order valence-electron chi connectivity index (χ4n) is 1.25. The highest BCUT2D eigenvalue weighted by atomic mass is 16.4. The molecule has 5 N–H and O–H groups in total. The molecule has 0 saturated carbocycles. The van der Waals surface area contributed by atoms with Gasteiger partial charge in [0.15, 0.2) is 0 Å². The van der Waals surface area contributed by atoms with Gasteiger partial charge in [0, 0.05) is 0 Å². The van der Waals surface area contributed by atoms with Crippen LogP contribution < -0.4 is 21.5 Å². The maximum Gasteiger partial charge on any atom is 0.405 e. The minimum absolute atomic E-state index is 0.289. The Bertz CT molecular complexity index is 463. The number of para-hydroxylation sites is 1. The van der Waals surface area contributed by atoms with E-state index in [9.17, 15) is 14.4 Å². The smallest absolute Gasteiger partial charge is 0.405 e. The number of anilines is 1. The monoisotopic (exact) mass is 266 g/mol. The summed E-state index contributed by atoms with van der Waals surface area (Å²) in [4.78, 5) is 33.5. The third-order valence-corrected chi connectivity index (χ3v) is 2.08. The van der Waals surface area contributed by atoms with E-state index in [1.807, 2.05) is 5.32 Å². The zero-order valence-corrected chi connectivity index (χ0v) is 10.00. The van der Waals surface area contributed by atoms with Crippen LogP contribution in [0.25, 0.3) is 0 Å². The lowest BCUT2D eigenvalue weighted by Gasteiger charge is -2.22. The van der Waals surface area contributed by atoms with E-state index in [0.717, 1.165) is 5.01 Å². The molecule has 0 aliphatic rings. The van der Waals surface area contributed by atoms with Crippen molar-refractivity contribution in [2.24, 2.45) is 5.73 Å². The first-order valence-electron chi connectivity index (χ1n) is 5.39. The van der Waals surface area contributed by atoms with Crippen LogP contribution >= 0.6 is 0 Å². The molecule has 8 nitrogen and oxygen atoms in total. The number of hydrogen-bond acceptors (Lipinski definition) is 4. The Morgan fingerprint density at radius 3 is 2.37 bits per heavy atom. The van der Waals surface area contributed by atoms with E-state index in [2.05, 4.69) is 5.43 Å². The second-order valence-corrected chi connectivity index (χ2v) is 3.46. The van der Waals surface area contributed by atoms with E-state index >= 15 is 0 Å². The lowest BCUT2D eigenvalue weighted by molar-refractivity contribution is -0.124. The predicted molar refractivity (Wildman–Crippen MR) is 67.2 cm³/mol. The second-order valence-electron chi connectivity index (χ2n) is 3.46. The molecule has 1 rings (SSSR count). The molecular formula is C11H14N4O4. The van der Waals surface area contributed by atoms with Crippen LogP contribution in [0.3, 0.4) is 0 Å². The number of benzene rings is 1. The lowest BCUT2D eigenvalue weighted by atomic mass is 10.3. The number of hydrazine groups is 1. The second kappa shape index (κ2) is 6.97. The van der Waals surface area contributed by atoms with E-state index in [1.54, 1.807) is 30.3 Å². The molecular weight excluding hydrogens is 252 g/mol. The molecule has 0 atom stereocenters. The standard InChI is InChI=1S/C11H14N4O4/c12-6-9(16)14-15(8-4-2-1-3-5-8)10(17)7-13-11(18)19/h1-5,13H,6-7,12H2,(H,14,16)(H,18,19). The molecule has 0 unspecified atom stereocenters. The molecule has 8 heteroatoms. The van der Waals surface area contributed by atoms with Crippen LogP contribution in [0.4, 0.5) is 10.5 Å². The zero-order valence-electron chi connectivity index (χ0n) is 10.00. The minimum atomic E-state index is -1.33. The van der Waals surface area contributed by atoms with Crippen molar-refractivity contribution in [3.05, 3.63) is 30.3 Å². The van der Waals surface area contributed by atoms with Crippen LogP contribution in [0.5, 0.6) is 0 Å². The highest BCUT2D eigenvalue weighted by Gasteiger charge is 2.18. The van der Waals surface area contributed by atoms with Crippen molar-refractivity contribution in [3.63, 3.8) is 0 Å². The van der Waals surface area contributed by atoms with Crippen molar-refractivity contribution in [3.8, 4) is 0 Å². The highest BCUT2D eigenvalue weighted by molar-refractivity contribution is 5.98. The fourth-order valence-corrected chi connectivity index (χ4v) is 1.25. The molecule has 0 radical (unpaired) electrons. The fraction of sp³-hybridized carbons (Fsp3) is 0.182. The lowest BCUT2D eigenvalue weighted by Crippen LogP contribution is -2.51. The summed E-state index contributed by atoms with van der Waals surface area (Å²) < 4.78 is 0. The Kier molecular flexibility index (Phi) is 5.30. The summed E-state index contributed by atoms with van der Waals surface area (Å²) in [6.07, 6.45) is -1.33. The van der Waals surface area contributed by atoms with E-state index in [4.69, 9.17) is 10.8 Å². The average molecular weight is 266 g/mol. The van der Waals surface area contributed by atoms with Crippen LogP contribution in [-0.2, 0) is 9.59 Å². The van der Waals surface area contributed by atoms with Gasteiger partial charge in [0.1, 0.15) is 6.54 Å². The first-order chi connectivity index (χ1) is 9.04. The van der Waals surface area contributed by atoms with Gasteiger partial charge < -0.3 is 16.2 Å². The number of carboxylic acid groups (broad SMARTS) is 1. The van der Waals surface area contributed by atoms with Gasteiger partial charge in [0.25, 0.3) is 11.8 Å². The quantitative estimate of drug-likeness (QED) is 0.535. The molecule has 0 aromatic heterocycles. The van der Waals surface area contributed by atoms with Gasteiger partial charge in [0.05, 0.1) is 12.2 Å². The molecule has 0 heterocycles. The van der Waals surface area contributed by atoms with Gasteiger partial charge in [-0.05, 0) is 12.1 Å². The largest absolute Gasteiger partial charge is 0.465 e. The number of amides is 3. The van der Waals surface area contributed by atoms with Crippen molar-refractivity contribution in [1.29, 1.82) is 0 Å². The van der Waals surface area contributed by atoms with Gasteiger partial charge in [-0.2, -0.15) is 0 Å². The summed E-state index contributed by atoms with van der Waals surface area (Å²) >= 11 is 0. The van der Waals surface area contributed by atoms with Crippen LogP contribution in [0.15, 0.2) is 30.3 Å². The van der Waals surface area contributed by atoms with Gasteiger partial charge in [-0.15, -0.1) is 0 Å². The van der Waals surface area contributed by atoms with Crippen molar-refractivity contribution in [1.82, 2.24) is 10.7 Å². The van der Waals surface area contributed by atoms with Gasteiger partial charge in [0.2, 0.25) is 0 Å². The van der Waals surface area contributed by atoms with E-state index in [0.29, 0.717) is 5.69 Å². The Labute approximate surface area is 109 Å². The third-order valence-electron chi connectivity index (χ3n) is 2.08. The SMILES string of the molecule is NCC(=O)NN(C(=O)CNC(=O)O)c1ccccc1. The number of rotatable bonds is 4. The van der Waals surface area contributed by atoms with Gasteiger partial charge >= 0.3 is 6.09 Å². The number of nitrogens with zero attached hydrogens (tertiary/aromatic N) is 1. The molecule has 1 aromatic rings. The number of carbonyl (C=O) groups is 3. The number of nitrogens with two attached hydrogens (primary N) is 1. The van der Waals surface area contributed by atoms with E-state index in [1.165, 1.54) is 0 Å². The number of carbonyl (C=O) groups excluding carboxylic acids is 2. The molecule has 0 bridgehead atoms. The van der Waals surface area contributed by atoms with Crippen molar-refractivity contribution < 1.29 is 19.5 Å². The summed E-state index contributed by atoms with van der Waals surface area (Å²) in [6, 6.07) is 8.28. The van der Waals surface area contributed by atoms with Crippen molar-refractivity contribution in [2.45, 2.75) is 0 Å². The summed E-state index contributed by atoms with van der Waals surface area (Å²) in [7, 11) is 0. The third kappa shape index (κ3) is 4.64. The van der Waals surface area contributed by atoms with Crippen LogP contribution in [-0.4, -0.2) is 36.1 Å².